The number of hydrogen-bond donors (Lipinski definition) is 4. The number of epoxide rings is 1. The summed E-state index contributed by atoms with van der Waals surface area (Å²) in [6.07, 6.45) is -2.92. The predicted molar refractivity (Wildman–Crippen MR) is 73.7 cm³/mol. The molecule has 2 aliphatic heterocycles. The van der Waals surface area contributed by atoms with Crippen LogP contribution in [0.5, 0.6) is 5.88 Å². The molecule has 2 saturated heterocycles. The molecule has 0 amide bonds. The highest BCUT2D eigenvalue weighted by atomic mass is 16.7. The van der Waals surface area contributed by atoms with Gasteiger partial charge in [-0.05, 0) is 0 Å². The number of aromatic nitrogens is 4. The van der Waals surface area contributed by atoms with Crippen LogP contribution in [0.1, 0.15) is 0 Å². The Hall–Kier alpha value is -2.18. The monoisotopic (exact) mass is 338 g/mol. The van der Waals surface area contributed by atoms with E-state index < -0.39 is 42.9 Å². The zero-order valence-corrected chi connectivity index (χ0v) is 12.1. The maximum Gasteiger partial charge on any atom is 0.242 e. The summed E-state index contributed by atoms with van der Waals surface area (Å²) in [5, 5.41) is 39.9. The van der Waals surface area contributed by atoms with Crippen LogP contribution >= 0.6 is 0 Å². The Morgan fingerprint density at radius 1 is 1.33 bits per heavy atom. The molecule has 128 valence electrons. The lowest BCUT2D eigenvalue weighted by molar-refractivity contribution is -0.159. The van der Waals surface area contributed by atoms with Crippen LogP contribution in [0.3, 0.4) is 0 Å². The third-order valence-electron chi connectivity index (χ3n) is 4.41. The average Bonchev–Trinajstić information content (AvgIpc) is 3.18. The third kappa shape index (κ3) is 1.84. The molecule has 6 atom stereocenters. The van der Waals surface area contributed by atoms with Gasteiger partial charge in [-0.15, -0.1) is 0 Å². The fourth-order valence-corrected chi connectivity index (χ4v) is 3.19. The number of hydrogen-bond acceptors (Lipinski definition) is 10. The fraction of sp³-hybridized carbons (Fsp3) is 0.538. The lowest BCUT2D eigenvalue weighted by Gasteiger charge is -2.32. The second kappa shape index (κ2) is 5.16. The van der Waals surface area contributed by atoms with E-state index in [0.717, 1.165) is 6.33 Å². The molecule has 0 aromatic carbocycles. The van der Waals surface area contributed by atoms with E-state index >= 15 is 0 Å². The average molecular weight is 338 g/mol. The zero-order valence-electron chi connectivity index (χ0n) is 12.1. The van der Waals surface area contributed by atoms with E-state index in [-0.39, 0.29) is 17.0 Å². The minimum Gasteiger partial charge on any atom is -0.492 e. The fourth-order valence-electron chi connectivity index (χ4n) is 3.19. The van der Waals surface area contributed by atoms with Crippen LogP contribution in [0.15, 0.2) is 12.7 Å². The molecule has 0 aliphatic carbocycles. The van der Waals surface area contributed by atoms with Crippen LogP contribution in [-0.4, -0.2) is 83.4 Å². The van der Waals surface area contributed by atoms with E-state index in [0.29, 0.717) is 6.29 Å². The largest absolute Gasteiger partial charge is 0.492 e. The van der Waals surface area contributed by atoms with Gasteiger partial charge >= 0.3 is 0 Å². The second-order valence-corrected chi connectivity index (χ2v) is 5.67. The molecule has 2 aliphatic rings. The number of fused-ring (bicyclic) bond motifs is 1. The summed E-state index contributed by atoms with van der Waals surface area (Å²) >= 11 is 0. The molecule has 2 fully saturated rings. The number of nitrogens with zero attached hydrogens (tertiary/aromatic N) is 4. The highest BCUT2D eigenvalue weighted by Gasteiger charge is 2.68. The van der Waals surface area contributed by atoms with Crippen molar-refractivity contribution in [1.82, 2.24) is 19.5 Å². The summed E-state index contributed by atoms with van der Waals surface area (Å²) in [7, 11) is 0. The Bertz CT molecular complexity index is 798. The first-order valence-corrected chi connectivity index (χ1v) is 7.17. The minimum atomic E-state index is -1.73. The molecule has 0 radical (unpaired) electrons. The maximum atomic E-state index is 11.0. The number of carbonyl (C=O) groups excluding carboxylic acids is 1. The van der Waals surface area contributed by atoms with Crippen molar-refractivity contribution in [2.45, 2.75) is 36.2 Å². The van der Waals surface area contributed by atoms with Gasteiger partial charge in [0.1, 0.15) is 36.8 Å². The summed E-state index contributed by atoms with van der Waals surface area (Å²) in [6.45, 7) is -0.550. The topological polar surface area (TPSA) is 163 Å². The first-order chi connectivity index (χ1) is 11.5. The van der Waals surface area contributed by atoms with Gasteiger partial charge in [-0.1, -0.05) is 0 Å². The van der Waals surface area contributed by atoms with Crippen molar-refractivity contribution >= 4 is 17.5 Å². The summed E-state index contributed by atoms with van der Waals surface area (Å²) in [4.78, 5) is 22.7. The minimum absolute atomic E-state index is 0.0536. The van der Waals surface area contributed by atoms with E-state index in [1.807, 2.05) is 0 Å². The highest BCUT2D eigenvalue weighted by molar-refractivity contribution is 5.76. The normalized spacial score (nSPS) is 38.5. The quantitative estimate of drug-likeness (QED) is 0.340. The van der Waals surface area contributed by atoms with Crippen molar-refractivity contribution in [2.24, 2.45) is 0 Å². The summed E-state index contributed by atoms with van der Waals surface area (Å²) < 4.78 is 12.3. The number of aliphatic hydroxyl groups is 3. The van der Waals surface area contributed by atoms with Crippen LogP contribution < -0.4 is 0 Å². The van der Waals surface area contributed by atoms with Crippen molar-refractivity contribution in [2.75, 3.05) is 6.61 Å². The number of aromatic hydroxyl groups is 1. The Kier molecular flexibility index (Phi) is 3.30. The summed E-state index contributed by atoms with van der Waals surface area (Å²) in [6, 6.07) is 0. The predicted octanol–water partition coefficient (Wildman–Crippen LogP) is -2.74. The molecule has 2 unspecified atom stereocenters. The molecule has 24 heavy (non-hydrogen) atoms. The van der Waals surface area contributed by atoms with Crippen LogP contribution in [0.4, 0.5) is 0 Å². The van der Waals surface area contributed by atoms with Crippen LogP contribution in [-0.2, 0) is 20.0 Å². The number of carbonyl (C=O) groups is 1. The summed E-state index contributed by atoms with van der Waals surface area (Å²) in [5.74, 6) is -0.371. The van der Waals surface area contributed by atoms with Gasteiger partial charge in [0.15, 0.2) is 17.5 Å². The van der Waals surface area contributed by atoms with E-state index in [4.69, 9.17) is 9.47 Å². The molecule has 11 nitrogen and oxygen atoms in total. The molecule has 0 saturated carbocycles. The Morgan fingerprint density at radius 3 is 2.75 bits per heavy atom. The molecule has 0 bridgehead atoms. The van der Waals surface area contributed by atoms with Gasteiger partial charge in [-0.2, -0.15) is 4.98 Å². The number of aldehydes is 1. The van der Waals surface area contributed by atoms with Gasteiger partial charge in [0.25, 0.3) is 0 Å². The van der Waals surface area contributed by atoms with Gasteiger partial charge in [-0.25, -0.2) is 9.97 Å². The smallest absolute Gasteiger partial charge is 0.242 e. The summed E-state index contributed by atoms with van der Waals surface area (Å²) in [5.41, 5.74) is -1.56. The number of imidazole rings is 1. The SMILES string of the molecule is O=CC1OC1[C@@]1(n2cnc3c(O)ncnc32)O[C@H](CO)[C@@H](O)[C@H]1O. The van der Waals surface area contributed by atoms with Gasteiger partial charge in [-0.3, -0.25) is 4.57 Å². The lowest BCUT2D eigenvalue weighted by atomic mass is 9.97. The highest BCUT2D eigenvalue weighted by Crippen LogP contribution is 2.48. The van der Waals surface area contributed by atoms with Gasteiger partial charge < -0.3 is 34.7 Å². The molecule has 0 spiro atoms. The second-order valence-electron chi connectivity index (χ2n) is 5.67. The standard InChI is InChI=1S/C13H14N4O7/c18-1-5-8(20)9(21)13(24-5,10-6(2-19)23-10)17-4-16-7-11(17)14-3-15-12(7)22/h2-6,8-10,18,20-21H,1H2,(H,14,15,22)/t5-,6?,8-,9-,10?,13+/m1/s1. The van der Waals surface area contributed by atoms with E-state index in [1.54, 1.807) is 0 Å². The molecule has 4 rings (SSSR count). The van der Waals surface area contributed by atoms with Crippen molar-refractivity contribution in [3.63, 3.8) is 0 Å². The maximum absolute atomic E-state index is 11.0. The number of rotatable bonds is 4. The van der Waals surface area contributed by atoms with Gasteiger partial charge in [0.2, 0.25) is 11.6 Å². The third-order valence-corrected chi connectivity index (χ3v) is 4.41. The van der Waals surface area contributed by atoms with Crippen molar-refractivity contribution in [3.05, 3.63) is 12.7 Å². The van der Waals surface area contributed by atoms with Crippen LogP contribution in [0, 0.1) is 0 Å². The van der Waals surface area contributed by atoms with Crippen LogP contribution in [0.25, 0.3) is 11.2 Å². The first kappa shape index (κ1) is 15.4. The van der Waals surface area contributed by atoms with E-state index in [1.165, 1.54) is 10.9 Å². The number of ether oxygens (including phenoxy) is 2. The zero-order chi connectivity index (χ0) is 17.1. The van der Waals surface area contributed by atoms with Crippen molar-refractivity contribution in [1.29, 1.82) is 0 Å². The molecule has 4 N–H and O–H groups in total. The molecule has 2 aromatic heterocycles. The molecule has 2 aromatic rings. The van der Waals surface area contributed by atoms with E-state index in [2.05, 4.69) is 15.0 Å². The van der Waals surface area contributed by atoms with Crippen molar-refractivity contribution < 1.29 is 34.7 Å². The Morgan fingerprint density at radius 2 is 2.12 bits per heavy atom. The molecular formula is C13H14N4O7. The van der Waals surface area contributed by atoms with Crippen LogP contribution in [0.2, 0.25) is 0 Å². The van der Waals surface area contributed by atoms with Gasteiger partial charge in [0.05, 0.1) is 12.9 Å². The Balaban J connectivity index is 1.91. The first-order valence-electron chi connectivity index (χ1n) is 7.17. The number of aliphatic hydroxyl groups excluding tert-OH is 3. The van der Waals surface area contributed by atoms with Crippen molar-refractivity contribution in [3.8, 4) is 5.88 Å². The molecule has 11 heteroatoms. The molecule has 4 heterocycles. The Labute approximate surface area is 134 Å². The van der Waals surface area contributed by atoms with Gasteiger partial charge in [0, 0.05) is 0 Å². The van der Waals surface area contributed by atoms with E-state index in [9.17, 15) is 25.2 Å². The molecular weight excluding hydrogens is 324 g/mol. The lowest BCUT2D eigenvalue weighted by Crippen LogP contribution is -2.50.